The first-order valence-corrected chi connectivity index (χ1v) is 10.4. The lowest BCUT2D eigenvalue weighted by atomic mass is 10.0. The number of amides is 2. The summed E-state index contributed by atoms with van der Waals surface area (Å²) in [6, 6.07) is 14.3. The van der Waals surface area contributed by atoms with E-state index in [0.717, 1.165) is 25.2 Å². The predicted octanol–water partition coefficient (Wildman–Crippen LogP) is 2.80. The average molecular weight is 423 g/mol. The maximum absolute atomic E-state index is 13.1. The van der Waals surface area contributed by atoms with Gasteiger partial charge in [0, 0.05) is 38.3 Å². The van der Waals surface area contributed by atoms with Crippen LogP contribution < -0.4 is 5.32 Å². The number of benzene rings is 2. The zero-order chi connectivity index (χ0) is 22.4. The molecule has 31 heavy (non-hydrogen) atoms. The Bertz CT molecular complexity index is 943. The Morgan fingerprint density at radius 3 is 2.19 bits per heavy atom. The second kappa shape index (κ2) is 10.2. The molecule has 162 valence electrons. The van der Waals surface area contributed by atoms with Crippen molar-refractivity contribution in [1.82, 2.24) is 15.1 Å². The highest BCUT2D eigenvalue weighted by Crippen LogP contribution is 2.14. The lowest BCUT2D eigenvalue weighted by molar-refractivity contribution is -0.136. The first-order valence-electron chi connectivity index (χ1n) is 10.4. The third-order valence-corrected chi connectivity index (χ3v) is 5.50. The quantitative estimate of drug-likeness (QED) is 0.777. The number of hydrogen-bond donors (Lipinski definition) is 1. The number of rotatable bonds is 6. The molecule has 2 amide bonds. The smallest absolute Gasteiger partial charge is 0.251 e. The summed E-state index contributed by atoms with van der Waals surface area (Å²) in [6.07, 6.45) is 0. The SMILES string of the molecule is CC(C)[C@H](NC(=O)c1ccc(F)cc1)C(=O)N1CCN(Cc2ccc(C#N)cc2)CC1. The molecule has 2 aromatic carbocycles. The molecule has 0 bridgehead atoms. The van der Waals surface area contributed by atoms with Gasteiger partial charge in [-0.3, -0.25) is 14.5 Å². The molecule has 2 aromatic rings. The van der Waals surface area contributed by atoms with E-state index >= 15 is 0 Å². The molecule has 1 aliphatic heterocycles. The van der Waals surface area contributed by atoms with Gasteiger partial charge in [0.1, 0.15) is 11.9 Å². The number of carbonyl (C=O) groups is 2. The van der Waals surface area contributed by atoms with Crippen molar-refractivity contribution in [2.75, 3.05) is 26.2 Å². The van der Waals surface area contributed by atoms with Crippen molar-refractivity contribution < 1.29 is 14.0 Å². The molecule has 1 saturated heterocycles. The van der Waals surface area contributed by atoms with Crippen LogP contribution in [-0.4, -0.2) is 53.8 Å². The minimum Gasteiger partial charge on any atom is -0.340 e. The van der Waals surface area contributed by atoms with Gasteiger partial charge in [0.25, 0.3) is 5.91 Å². The van der Waals surface area contributed by atoms with Crippen molar-refractivity contribution in [3.8, 4) is 6.07 Å². The van der Waals surface area contributed by atoms with Gasteiger partial charge < -0.3 is 10.2 Å². The summed E-state index contributed by atoms with van der Waals surface area (Å²) >= 11 is 0. The molecular weight excluding hydrogens is 395 g/mol. The van der Waals surface area contributed by atoms with Crippen molar-refractivity contribution in [2.45, 2.75) is 26.4 Å². The normalized spacial score (nSPS) is 15.4. The van der Waals surface area contributed by atoms with Crippen LogP contribution >= 0.6 is 0 Å². The van der Waals surface area contributed by atoms with Crippen LogP contribution in [0.5, 0.6) is 0 Å². The Morgan fingerprint density at radius 1 is 1.03 bits per heavy atom. The summed E-state index contributed by atoms with van der Waals surface area (Å²) in [6.45, 7) is 7.21. The molecule has 1 atom stereocenters. The highest BCUT2D eigenvalue weighted by atomic mass is 19.1. The average Bonchev–Trinajstić information content (AvgIpc) is 2.78. The maximum atomic E-state index is 13.1. The van der Waals surface area contributed by atoms with E-state index < -0.39 is 11.9 Å². The maximum Gasteiger partial charge on any atom is 0.251 e. The van der Waals surface area contributed by atoms with Gasteiger partial charge in [-0.2, -0.15) is 5.26 Å². The summed E-state index contributed by atoms with van der Waals surface area (Å²) in [5, 5.41) is 11.7. The van der Waals surface area contributed by atoms with Gasteiger partial charge in [0.2, 0.25) is 5.91 Å². The number of piperazine rings is 1. The highest BCUT2D eigenvalue weighted by Gasteiger charge is 2.31. The molecule has 0 aromatic heterocycles. The lowest BCUT2D eigenvalue weighted by Gasteiger charge is -2.37. The second-order valence-corrected chi connectivity index (χ2v) is 8.11. The molecule has 1 fully saturated rings. The highest BCUT2D eigenvalue weighted by molar-refractivity contribution is 5.97. The summed E-state index contributed by atoms with van der Waals surface area (Å²) in [5.74, 6) is -0.963. The Balaban J connectivity index is 1.56. The molecule has 0 spiro atoms. The van der Waals surface area contributed by atoms with Crippen LogP contribution in [0, 0.1) is 23.1 Å². The van der Waals surface area contributed by atoms with Gasteiger partial charge >= 0.3 is 0 Å². The van der Waals surface area contributed by atoms with E-state index in [1.54, 1.807) is 4.90 Å². The fraction of sp³-hybridized carbons (Fsp3) is 0.375. The first-order chi connectivity index (χ1) is 14.9. The van der Waals surface area contributed by atoms with Crippen LogP contribution in [0.4, 0.5) is 4.39 Å². The van der Waals surface area contributed by atoms with Gasteiger partial charge in [-0.15, -0.1) is 0 Å². The van der Waals surface area contributed by atoms with Crippen LogP contribution in [0.1, 0.15) is 35.3 Å². The Kier molecular flexibility index (Phi) is 7.37. The third kappa shape index (κ3) is 5.89. The number of halogens is 1. The van der Waals surface area contributed by atoms with Crippen molar-refractivity contribution >= 4 is 11.8 Å². The number of nitrogens with zero attached hydrogens (tertiary/aromatic N) is 3. The number of nitriles is 1. The Hall–Kier alpha value is -3.24. The van der Waals surface area contributed by atoms with Crippen LogP contribution in [0.3, 0.4) is 0 Å². The Morgan fingerprint density at radius 2 is 1.65 bits per heavy atom. The van der Waals surface area contributed by atoms with Gasteiger partial charge in [-0.1, -0.05) is 26.0 Å². The molecule has 6 nitrogen and oxygen atoms in total. The minimum absolute atomic E-state index is 0.0754. The van der Waals surface area contributed by atoms with Crippen molar-refractivity contribution in [3.05, 3.63) is 71.0 Å². The monoisotopic (exact) mass is 422 g/mol. The van der Waals surface area contributed by atoms with Gasteiger partial charge in [-0.25, -0.2) is 4.39 Å². The molecule has 0 radical (unpaired) electrons. The minimum atomic E-state index is -0.636. The van der Waals surface area contributed by atoms with E-state index in [4.69, 9.17) is 5.26 Å². The van der Waals surface area contributed by atoms with Crippen LogP contribution in [-0.2, 0) is 11.3 Å². The number of carbonyl (C=O) groups excluding carboxylic acids is 2. The zero-order valence-electron chi connectivity index (χ0n) is 17.8. The van der Waals surface area contributed by atoms with Gasteiger partial charge in [-0.05, 0) is 47.9 Å². The van der Waals surface area contributed by atoms with Gasteiger partial charge in [0.15, 0.2) is 0 Å². The summed E-state index contributed by atoms with van der Waals surface area (Å²) < 4.78 is 13.1. The van der Waals surface area contributed by atoms with Crippen LogP contribution in [0.25, 0.3) is 0 Å². The van der Waals surface area contributed by atoms with E-state index in [0.29, 0.717) is 24.2 Å². The standard InChI is InChI=1S/C24H27FN4O2/c1-17(2)22(27-23(30)20-7-9-21(25)10-8-20)24(31)29-13-11-28(12-14-29)16-19-5-3-18(15-26)4-6-19/h3-10,17,22H,11-14,16H2,1-2H3,(H,27,30)/t22-/m0/s1. The van der Waals surface area contributed by atoms with Gasteiger partial charge in [0.05, 0.1) is 11.6 Å². The van der Waals surface area contributed by atoms with E-state index in [9.17, 15) is 14.0 Å². The summed E-state index contributed by atoms with van der Waals surface area (Å²) in [5.41, 5.74) is 2.10. The topological polar surface area (TPSA) is 76.4 Å². The van der Waals surface area contributed by atoms with E-state index in [2.05, 4.69) is 16.3 Å². The van der Waals surface area contributed by atoms with Crippen molar-refractivity contribution in [1.29, 1.82) is 5.26 Å². The summed E-state index contributed by atoms with van der Waals surface area (Å²) in [4.78, 5) is 29.7. The van der Waals surface area contributed by atoms with Crippen molar-refractivity contribution in [3.63, 3.8) is 0 Å². The molecule has 7 heteroatoms. The molecule has 0 unspecified atom stereocenters. The van der Waals surface area contributed by atoms with E-state index in [-0.39, 0.29) is 17.7 Å². The lowest BCUT2D eigenvalue weighted by Crippen LogP contribution is -2.56. The molecule has 1 aliphatic rings. The number of hydrogen-bond acceptors (Lipinski definition) is 4. The van der Waals surface area contributed by atoms with Crippen molar-refractivity contribution in [2.24, 2.45) is 5.92 Å². The first kappa shape index (κ1) is 22.4. The van der Waals surface area contributed by atoms with E-state index in [1.165, 1.54) is 24.3 Å². The van der Waals surface area contributed by atoms with Crippen LogP contribution in [0.2, 0.25) is 0 Å². The van der Waals surface area contributed by atoms with Crippen LogP contribution in [0.15, 0.2) is 48.5 Å². The predicted molar refractivity (Wildman–Crippen MR) is 116 cm³/mol. The largest absolute Gasteiger partial charge is 0.340 e. The fourth-order valence-electron chi connectivity index (χ4n) is 3.61. The molecule has 0 aliphatic carbocycles. The Labute approximate surface area is 182 Å². The zero-order valence-corrected chi connectivity index (χ0v) is 17.8. The molecule has 1 heterocycles. The molecule has 1 N–H and O–H groups in total. The number of nitrogens with one attached hydrogen (secondary N) is 1. The summed E-state index contributed by atoms with van der Waals surface area (Å²) in [7, 11) is 0. The molecule has 3 rings (SSSR count). The third-order valence-electron chi connectivity index (χ3n) is 5.50. The molecular formula is C24H27FN4O2. The molecule has 0 saturated carbocycles. The second-order valence-electron chi connectivity index (χ2n) is 8.11. The fourth-order valence-corrected chi connectivity index (χ4v) is 3.61. The van der Waals surface area contributed by atoms with E-state index in [1.807, 2.05) is 38.1 Å².